The minimum absolute atomic E-state index is 0.0459. The van der Waals surface area contributed by atoms with Gasteiger partial charge in [-0.3, -0.25) is 4.55 Å². The van der Waals surface area contributed by atoms with Gasteiger partial charge in [-0.2, -0.15) is 17.2 Å². The van der Waals surface area contributed by atoms with Crippen molar-refractivity contribution in [2.75, 3.05) is 34.4 Å². The summed E-state index contributed by atoms with van der Waals surface area (Å²) in [6.45, 7) is 4.31. The molecule has 1 aromatic rings. The molecule has 0 saturated carbocycles. The standard InChI is InChI=1S/C10H16N.C8H10F2O7S/c1-11(2,3)9-10-7-5-4-6-8-10;1-5(2)6(11)16-3-4-17-7(12)8(9,10)18(13,14)15/h4-8H,9H2,1-3H3;1,3-4H2,2H3,(H,13,14,15)/q+1;. The summed E-state index contributed by atoms with van der Waals surface area (Å²) in [4.78, 5) is 21.4. The van der Waals surface area contributed by atoms with Gasteiger partial charge in [-0.05, 0) is 6.92 Å². The van der Waals surface area contributed by atoms with E-state index in [0.29, 0.717) is 0 Å². The van der Waals surface area contributed by atoms with Gasteiger partial charge >= 0.3 is 27.3 Å². The number of esters is 2. The second-order valence-corrected chi connectivity index (χ2v) is 8.44. The van der Waals surface area contributed by atoms with Gasteiger partial charge in [0.05, 0.1) is 21.1 Å². The highest BCUT2D eigenvalue weighted by molar-refractivity contribution is 7.87. The molecule has 0 saturated heterocycles. The number of nitrogens with zero attached hydrogens (tertiary/aromatic N) is 1. The molecule has 1 aromatic carbocycles. The highest BCUT2D eigenvalue weighted by Gasteiger charge is 2.54. The number of carbonyl (C=O) groups is 2. The van der Waals surface area contributed by atoms with Crippen LogP contribution in [0.4, 0.5) is 8.78 Å². The van der Waals surface area contributed by atoms with Gasteiger partial charge in [0.25, 0.3) is 0 Å². The molecule has 164 valence electrons. The van der Waals surface area contributed by atoms with Gasteiger partial charge in [-0.25, -0.2) is 9.59 Å². The lowest BCUT2D eigenvalue weighted by Gasteiger charge is -2.23. The molecule has 0 radical (unpaired) electrons. The fourth-order valence-electron chi connectivity index (χ4n) is 1.71. The van der Waals surface area contributed by atoms with Gasteiger partial charge in [-0.1, -0.05) is 36.9 Å². The van der Waals surface area contributed by atoms with Gasteiger partial charge in [-0.15, -0.1) is 0 Å². The van der Waals surface area contributed by atoms with Gasteiger partial charge in [0.1, 0.15) is 19.8 Å². The van der Waals surface area contributed by atoms with Crippen molar-refractivity contribution in [3.8, 4) is 0 Å². The van der Waals surface area contributed by atoms with E-state index in [0.717, 1.165) is 11.0 Å². The van der Waals surface area contributed by atoms with Crippen LogP contribution in [0.1, 0.15) is 12.5 Å². The molecule has 0 aliphatic rings. The fourth-order valence-corrected chi connectivity index (χ4v) is 1.98. The lowest BCUT2D eigenvalue weighted by atomic mass is 10.2. The van der Waals surface area contributed by atoms with Crippen molar-refractivity contribution in [3.63, 3.8) is 0 Å². The molecule has 0 atom stereocenters. The molecule has 0 amide bonds. The summed E-state index contributed by atoms with van der Waals surface area (Å²) < 4.78 is 62.7. The van der Waals surface area contributed by atoms with Gasteiger partial charge < -0.3 is 14.0 Å². The molecule has 0 aliphatic carbocycles. The van der Waals surface area contributed by atoms with Crippen molar-refractivity contribution in [2.45, 2.75) is 18.7 Å². The van der Waals surface area contributed by atoms with Crippen LogP contribution in [0.15, 0.2) is 42.5 Å². The van der Waals surface area contributed by atoms with E-state index in [4.69, 9.17) is 4.55 Å². The van der Waals surface area contributed by atoms with Crippen LogP contribution in [-0.4, -0.2) is 69.0 Å². The lowest BCUT2D eigenvalue weighted by Crippen LogP contribution is -2.39. The molecular formula is C18H26F2NO7S+. The van der Waals surface area contributed by atoms with Crippen LogP contribution in [0.2, 0.25) is 0 Å². The number of ether oxygens (including phenoxy) is 2. The zero-order valence-corrected chi connectivity index (χ0v) is 17.5. The average Bonchev–Trinajstić information content (AvgIpc) is 2.57. The Kier molecular flexibility index (Phi) is 10.1. The molecule has 0 bridgehead atoms. The van der Waals surface area contributed by atoms with Crippen LogP contribution < -0.4 is 0 Å². The van der Waals surface area contributed by atoms with E-state index in [9.17, 15) is 26.8 Å². The quantitative estimate of drug-likeness (QED) is 0.218. The van der Waals surface area contributed by atoms with Crippen LogP contribution in [0, 0.1) is 0 Å². The van der Waals surface area contributed by atoms with Crippen LogP contribution in [0.25, 0.3) is 0 Å². The smallest absolute Gasteiger partial charge is 0.459 e. The van der Waals surface area contributed by atoms with E-state index in [1.165, 1.54) is 12.5 Å². The predicted octanol–water partition coefficient (Wildman–Crippen LogP) is 2.02. The Labute approximate surface area is 169 Å². The third-order valence-corrected chi connectivity index (χ3v) is 3.77. The number of benzene rings is 1. The lowest BCUT2D eigenvalue weighted by molar-refractivity contribution is -0.884. The van der Waals surface area contributed by atoms with Gasteiger partial charge in [0, 0.05) is 11.1 Å². The molecular weight excluding hydrogens is 412 g/mol. The zero-order valence-electron chi connectivity index (χ0n) is 16.7. The number of hydrogen-bond acceptors (Lipinski definition) is 6. The van der Waals surface area contributed by atoms with Crippen LogP contribution in [0.5, 0.6) is 0 Å². The zero-order chi connectivity index (χ0) is 22.9. The van der Waals surface area contributed by atoms with E-state index >= 15 is 0 Å². The maximum atomic E-state index is 12.6. The predicted molar refractivity (Wildman–Crippen MR) is 101 cm³/mol. The Bertz CT molecular complexity index is 803. The van der Waals surface area contributed by atoms with E-state index in [1.807, 2.05) is 0 Å². The maximum absolute atomic E-state index is 12.6. The third-order valence-electron chi connectivity index (χ3n) is 2.96. The number of quaternary nitrogens is 1. The Morgan fingerprint density at radius 3 is 2.00 bits per heavy atom. The van der Waals surface area contributed by atoms with E-state index < -0.39 is 40.5 Å². The number of carbonyl (C=O) groups excluding carboxylic acids is 2. The molecule has 0 spiro atoms. The molecule has 0 aliphatic heterocycles. The van der Waals surface area contributed by atoms with Crippen molar-refractivity contribution >= 4 is 22.1 Å². The topological polar surface area (TPSA) is 107 Å². The van der Waals surface area contributed by atoms with Crippen molar-refractivity contribution in [1.82, 2.24) is 0 Å². The summed E-state index contributed by atoms with van der Waals surface area (Å²) in [5.74, 6) is -3.29. The number of alkyl halides is 2. The highest BCUT2D eigenvalue weighted by Crippen LogP contribution is 2.21. The molecule has 0 aromatic heterocycles. The van der Waals surface area contributed by atoms with Crippen LogP contribution in [-0.2, 0) is 35.7 Å². The first-order valence-electron chi connectivity index (χ1n) is 8.27. The summed E-state index contributed by atoms with van der Waals surface area (Å²) in [5, 5.41) is -5.06. The first-order valence-corrected chi connectivity index (χ1v) is 9.71. The molecule has 11 heteroatoms. The SMILES string of the molecule is C=C(C)C(=O)OCCOC(=O)C(F)(F)S(=O)(=O)O.C[N+](C)(C)Cc1ccccc1. The second-order valence-electron chi connectivity index (χ2n) is 6.98. The molecule has 29 heavy (non-hydrogen) atoms. The Hall–Kier alpha value is -2.37. The average molecular weight is 438 g/mol. The largest absolute Gasteiger partial charge is 0.465 e. The Morgan fingerprint density at radius 2 is 1.59 bits per heavy atom. The summed E-state index contributed by atoms with van der Waals surface area (Å²) in [7, 11) is 0.706. The second kappa shape index (κ2) is 11.0. The van der Waals surface area contributed by atoms with E-state index in [2.05, 4.69) is 67.5 Å². The first kappa shape index (κ1) is 26.6. The molecule has 1 rings (SSSR count). The minimum atomic E-state index is -5.90. The molecule has 0 heterocycles. The number of hydrogen-bond donors (Lipinski definition) is 1. The molecule has 1 N–H and O–H groups in total. The molecule has 8 nitrogen and oxygen atoms in total. The maximum Gasteiger partial charge on any atom is 0.465 e. The summed E-state index contributed by atoms with van der Waals surface area (Å²) in [6, 6.07) is 10.6. The number of halogens is 2. The van der Waals surface area contributed by atoms with E-state index in [-0.39, 0.29) is 5.57 Å². The summed E-state index contributed by atoms with van der Waals surface area (Å²) in [6.07, 6.45) is 0. The van der Waals surface area contributed by atoms with Crippen LogP contribution >= 0.6 is 0 Å². The third kappa shape index (κ3) is 10.7. The summed E-state index contributed by atoms with van der Waals surface area (Å²) >= 11 is 0. The molecule has 0 fully saturated rings. The van der Waals surface area contributed by atoms with E-state index in [1.54, 1.807) is 0 Å². The molecule has 0 unspecified atom stereocenters. The fraction of sp³-hybridized carbons (Fsp3) is 0.444. The monoisotopic (exact) mass is 438 g/mol. The van der Waals surface area contributed by atoms with Gasteiger partial charge in [0.2, 0.25) is 0 Å². The highest BCUT2D eigenvalue weighted by atomic mass is 32.2. The van der Waals surface area contributed by atoms with Crippen molar-refractivity contribution in [1.29, 1.82) is 0 Å². The van der Waals surface area contributed by atoms with Gasteiger partial charge in [0.15, 0.2) is 0 Å². The first-order chi connectivity index (χ1) is 13.1. The number of rotatable bonds is 8. The van der Waals surface area contributed by atoms with Crippen LogP contribution in [0.3, 0.4) is 0 Å². The van der Waals surface area contributed by atoms with Crippen molar-refractivity contribution in [3.05, 3.63) is 48.0 Å². The summed E-state index contributed by atoms with van der Waals surface area (Å²) in [5.41, 5.74) is 1.45. The van der Waals surface area contributed by atoms with Crippen molar-refractivity contribution in [2.24, 2.45) is 0 Å². The minimum Gasteiger partial charge on any atom is -0.459 e. The normalized spacial score (nSPS) is 11.7. The van der Waals surface area contributed by atoms with Crippen molar-refractivity contribution < 1.29 is 45.3 Å². The Morgan fingerprint density at radius 1 is 1.10 bits per heavy atom. The Balaban J connectivity index is 0.000000604.